The summed E-state index contributed by atoms with van der Waals surface area (Å²) in [5.74, 6) is -1.06. The number of nitrogens with zero attached hydrogens (tertiary/aromatic N) is 1. The first-order valence-electron chi connectivity index (χ1n) is 11.7. The van der Waals surface area contributed by atoms with Crippen LogP contribution < -0.4 is 10.6 Å². The van der Waals surface area contributed by atoms with Gasteiger partial charge in [0.2, 0.25) is 0 Å². The number of hydrogen-bond donors (Lipinski definition) is 2. The summed E-state index contributed by atoms with van der Waals surface area (Å²) in [6.45, 7) is 3.85. The average Bonchev–Trinajstić information content (AvgIpc) is 3.37. The Balaban J connectivity index is 1.41. The van der Waals surface area contributed by atoms with Crippen LogP contribution in [-0.2, 0) is 27.5 Å². The van der Waals surface area contributed by atoms with Crippen molar-refractivity contribution in [2.24, 2.45) is 0 Å². The maximum absolute atomic E-state index is 12.9. The highest BCUT2D eigenvalue weighted by Crippen LogP contribution is 2.28. The van der Waals surface area contributed by atoms with Gasteiger partial charge in [0.15, 0.2) is 0 Å². The predicted octanol–water partition coefficient (Wildman–Crippen LogP) is 4.68. The number of carbonyl (C=O) groups is 3. The highest BCUT2D eigenvalue weighted by molar-refractivity contribution is 7.21. The molecule has 2 aromatic heterocycles. The molecule has 2 amide bonds. The highest BCUT2D eigenvalue weighted by Gasteiger charge is 2.25. The molecule has 1 atom stereocenters. The van der Waals surface area contributed by atoms with Gasteiger partial charge < -0.3 is 20.1 Å². The zero-order valence-electron chi connectivity index (χ0n) is 20.5. The minimum Gasteiger partial charge on any atom is -0.459 e. The minimum absolute atomic E-state index is 0.0332. The van der Waals surface area contributed by atoms with Crippen molar-refractivity contribution in [3.63, 3.8) is 0 Å². The molecule has 0 bridgehead atoms. The van der Waals surface area contributed by atoms with E-state index in [1.54, 1.807) is 12.3 Å². The van der Waals surface area contributed by atoms with Crippen LogP contribution in [0, 0.1) is 13.8 Å². The number of amides is 2. The standard InChI is InChI=1S/C28H27N3O5S/c1-18-14-29-22-13-24(37-25(22)19(18)2)26(32)30-15-23(27(33)35-16-20-9-5-3-6-10-20)31-28(34)36-17-21-11-7-4-8-12-21/h3-14,23H,15-17H2,1-2H3,(H,30,32)(H,31,34). The van der Waals surface area contributed by atoms with Crippen LogP contribution in [0.4, 0.5) is 4.79 Å². The largest absolute Gasteiger partial charge is 0.459 e. The van der Waals surface area contributed by atoms with Gasteiger partial charge in [0.1, 0.15) is 19.3 Å². The number of alkyl carbamates (subject to hydrolysis) is 1. The molecule has 2 aromatic carbocycles. The molecule has 8 nitrogen and oxygen atoms in total. The van der Waals surface area contributed by atoms with E-state index in [0.717, 1.165) is 32.5 Å². The van der Waals surface area contributed by atoms with Crippen molar-refractivity contribution in [3.05, 3.63) is 100 Å². The third kappa shape index (κ3) is 6.92. The SMILES string of the molecule is Cc1cnc2cc(C(=O)NCC(NC(=O)OCc3ccccc3)C(=O)OCc3ccccc3)sc2c1C. The second-order valence-corrected chi connectivity index (χ2v) is 9.51. The van der Waals surface area contributed by atoms with Gasteiger partial charge in [-0.15, -0.1) is 11.3 Å². The third-order valence-corrected chi connectivity index (χ3v) is 6.99. The number of carbonyl (C=O) groups excluding carboxylic acids is 3. The van der Waals surface area contributed by atoms with Crippen molar-refractivity contribution in [1.29, 1.82) is 0 Å². The van der Waals surface area contributed by atoms with E-state index < -0.39 is 18.1 Å². The van der Waals surface area contributed by atoms with Crippen molar-refractivity contribution in [3.8, 4) is 0 Å². The molecule has 0 aliphatic heterocycles. The zero-order chi connectivity index (χ0) is 26.2. The molecular weight excluding hydrogens is 490 g/mol. The fraction of sp³-hybridized carbons (Fsp3) is 0.214. The van der Waals surface area contributed by atoms with Crippen LogP contribution in [0.15, 0.2) is 72.9 Å². The van der Waals surface area contributed by atoms with E-state index in [4.69, 9.17) is 9.47 Å². The van der Waals surface area contributed by atoms with Crippen molar-refractivity contribution in [2.75, 3.05) is 6.54 Å². The maximum Gasteiger partial charge on any atom is 0.408 e. The van der Waals surface area contributed by atoms with E-state index in [0.29, 0.717) is 4.88 Å². The van der Waals surface area contributed by atoms with Gasteiger partial charge in [-0.25, -0.2) is 9.59 Å². The lowest BCUT2D eigenvalue weighted by molar-refractivity contribution is -0.147. The Morgan fingerprint density at radius 2 is 1.54 bits per heavy atom. The molecule has 0 saturated heterocycles. The Labute approximate surface area is 218 Å². The summed E-state index contributed by atoms with van der Waals surface area (Å²) < 4.78 is 11.6. The van der Waals surface area contributed by atoms with Gasteiger partial charge >= 0.3 is 12.1 Å². The van der Waals surface area contributed by atoms with Crippen molar-refractivity contribution in [1.82, 2.24) is 15.6 Å². The van der Waals surface area contributed by atoms with E-state index in [-0.39, 0.29) is 25.7 Å². The first kappa shape index (κ1) is 25.8. The lowest BCUT2D eigenvalue weighted by Gasteiger charge is -2.18. The van der Waals surface area contributed by atoms with Gasteiger partial charge in [0.25, 0.3) is 5.91 Å². The molecule has 190 valence electrons. The van der Waals surface area contributed by atoms with Crippen molar-refractivity contribution < 1.29 is 23.9 Å². The van der Waals surface area contributed by atoms with Crippen LogP contribution in [-0.4, -0.2) is 35.5 Å². The monoisotopic (exact) mass is 517 g/mol. The fourth-order valence-electron chi connectivity index (χ4n) is 3.51. The molecular formula is C28H27N3O5S. The number of pyridine rings is 1. The number of nitrogens with one attached hydrogen (secondary N) is 2. The average molecular weight is 518 g/mol. The summed E-state index contributed by atoms with van der Waals surface area (Å²) >= 11 is 1.33. The molecule has 0 fully saturated rings. The number of hydrogen-bond acceptors (Lipinski definition) is 7. The number of rotatable bonds is 9. The summed E-state index contributed by atoms with van der Waals surface area (Å²) in [4.78, 5) is 43.0. The smallest absolute Gasteiger partial charge is 0.408 e. The second kappa shape index (κ2) is 12.1. The Hall–Kier alpha value is -4.24. The topological polar surface area (TPSA) is 107 Å². The number of aromatic nitrogens is 1. The summed E-state index contributed by atoms with van der Waals surface area (Å²) in [6.07, 6.45) is 0.979. The highest BCUT2D eigenvalue weighted by atomic mass is 32.1. The lowest BCUT2D eigenvalue weighted by Crippen LogP contribution is -2.49. The normalized spacial score (nSPS) is 11.5. The molecule has 0 aliphatic carbocycles. The van der Waals surface area contributed by atoms with Crippen LogP contribution in [0.25, 0.3) is 10.2 Å². The molecule has 0 aliphatic rings. The summed E-state index contributed by atoms with van der Waals surface area (Å²) in [7, 11) is 0. The van der Waals surface area contributed by atoms with Gasteiger partial charge in [-0.3, -0.25) is 9.78 Å². The Morgan fingerprint density at radius 3 is 2.19 bits per heavy atom. The number of fused-ring (bicyclic) bond motifs is 1. The molecule has 4 rings (SSSR count). The number of ether oxygens (including phenoxy) is 2. The van der Waals surface area contributed by atoms with Gasteiger partial charge in [-0.1, -0.05) is 60.7 Å². The zero-order valence-corrected chi connectivity index (χ0v) is 21.3. The Morgan fingerprint density at radius 1 is 0.919 bits per heavy atom. The molecule has 0 spiro atoms. The number of esters is 1. The summed E-state index contributed by atoms with van der Waals surface area (Å²) in [5.41, 5.74) is 4.45. The maximum atomic E-state index is 12.9. The van der Waals surface area contributed by atoms with E-state index in [2.05, 4.69) is 15.6 Å². The quantitative estimate of drug-likeness (QED) is 0.312. The van der Waals surface area contributed by atoms with Crippen LogP contribution >= 0.6 is 11.3 Å². The summed E-state index contributed by atoms with van der Waals surface area (Å²) in [5, 5.41) is 5.24. The van der Waals surface area contributed by atoms with Crippen LogP contribution in [0.1, 0.15) is 31.9 Å². The lowest BCUT2D eigenvalue weighted by atomic mass is 10.2. The Bertz CT molecular complexity index is 1390. The van der Waals surface area contributed by atoms with E-state index >= 15 is 0 Å². The predicted molar refractivity (Wildman–Crippen MR) is 141 cm³/mol. The fourth-order valence-corrected chi connectivity index (χ4v) is 4.60. The van der Waals surface area contributed by atoms with E-state index in [1.807, 2.05) is 74.5 Å². The number of benzene rings is 2. The number of thiophene rings is 1. The molecule has 2 heterocycles. The molecule has 9 heteroatoms. The van der Waals surface area contributed by atoms with Crippen LogP contribution in [0.3, 0.4) is 0 Å². The van der Waals surface area contributed by atoms with E-state index in [9.17, 15) is 14.4 Å². The van der Waals surface area contributed by atoms with Crippen molar-refractivity contribution >= 4 is 39.5 Å². The first-order valence-corrected chi connectivity index (χ1v) is 12.5. The Kier molecular flexibility index (Phi) is 8.48. The molecule has 0 saturated carbocycles. The van der Waals surface area contributed by atoms with Gasteiger partial charge in [0, 0.05) is 12.7 Å². The summed E-state index contributed by atoms with van der Waals surface area (Å²) in [6, 6.07) is 18.9. The molecule has 1 unspecified atom stereocenters. The van der Waals surface area contributed by atoms with Crippen LogP contribution in [0.2, 0.25) is 0 Å². The van der Waals surface area contributed by atoms with E-state index in [1.165, 1.54) is 11.3 Å². The third-order valence-electron chi connectivity index (χ3n) is 5.75. The first-order chi connectivity index (χ1) is 17.9. The number of aryl methyl sites for hydroxylation is 2. The molecule has 2 N–H and O–H groups in total. The molecule has 0 radical (unpaired) electrons. The second-order valence-electron chi connectivity index (χ2n) is 8.45. The minimum atomic E-state index is -1.15. The van der Waals surface area contributed by atoms with Gasteiger partial charge in [-0.05, 0) is 42.2 Å². The van der Waals surface area contributed by atoms with Crippen LogP contribution in [0.5, 0.6) is 0 Å². The van der Waals surface area contributed by atoms with Gasteiger partial charge in [-0.2, -0.15) is 0 Å². The molecule has 4 aromatic rings. The van der Waals surface area contributed by atoms with Crippen molar-refractivity contribution in [2.45, 2.75) is 33.1 Å². The molecule has 37 heavy (non-hydrogen) atoms. The van der Waals surface area contributed by atoms with Gasteiger partial charge in [0.05, 0.1) is 15.1 Å².